The van der Waals surface area contributed by atoms with Crippen LogP contribution in [0.15, 0.2) is 18.5 Å². The number of rotatable bonds is 4. The summed E-state index contributed by atoms with van der Waals surface area (Å²) in [5, 5.41) is 3.41. The number of H-pyrrole nitrogens is 1. The zero-order valence-electron chi connectivity index (χ0n) is 9.50. The Morgan fingerprint density at radius 1 is 1.40 bits per heavy atom. The van der Waals surface area contributed by atoms with Crippen LogP contribution in [0.4, 0.5) is 5.69 Å². The lowest BCUT2D eigenvalue weighted by atomic mass is 9.94. The van der Waals surface area contributed by atoms with Gasteiger partial charge in [-0.15, -0.1) is 0 Å². The van der Waals surface area contributed by atoms with E-state index in [0.29, 0.717) is 0 Å². The molecule has 1 aromatic rings. The minimum atomic E-state index is 0.924. The minimum absolute atomic E-state index is 0.924. The Bertz CT molecular complexity index is 262. The lowest BCUT2D eigenvalue weighted by molar-refractivity contribution is 0.356. The Morgan fingerprint density at radius 2 is 2.20 bits per heavy atom. The first-order valence-corrected chi connectivity index (χ1v) is 5.91. The highest BCUT2D eigenvalue weighted by molar-refractivity contribution is 5.42. The summed E-state index contributed by atoms with van der Waals surface area (Å²) in [6, 6.07) is 2.13. The van der Waals surface area contributed by atoms with Crippen LogP contribution in [0.5, 0.6) is 0 Å². The molecule has 0 bridgehead atoms. The normalized spacial score (nSPS) is 17.9. The maximum Gasteiger partial charge on any atom is 0.0541 e. The molecule has 0 saturated carbocycles. The largest absolute Gasteiger partial charge is 0.373 e. The average molecular weight is 207 g/mol. The van der Waals surface area contributed by atoms with Crippen LogP contribution in [-0.4, -0.2) is 31.7 Å². The summed E-state index contributed by atoms with van der Waals surface area (Å²) < 4.78 is 0. The molecule has 0 spiro atoms. The molecule has 1 aliphatic heterocycles. The van der Waals surface area contributed by atoms with E-state index in [0.717, 1.165) is 5.92 Å². The maximum absolute atomic E-state index is 3.41. The highest BCUT2D eigenvalue weighted by Crippen LogP contribution is 2.18. The van der Waals surface area contributed by atoms with Crippen LogP contribution >= 0.6 is 0 Å². The van der Waals surface area contributed by atoms with Gasteiger partial charge < -0.3 is 15.2 Å². The highest BCUT2D eigenvalue weighted by Gasteiger charge is 2.13. The molecule has 15 heavy (non-hydrogen) atoms. The van der Waals surface area contributed by atoms with Crippen LogP contribution < -0.4 is 10.2 Å². The van der Waals surface area contributed by atoms with Gasteiger partial charge in [0, 0.05) is 26.0 Å². The Balaban J connectivity index is 1.73. The van der Waals surface area contributed by atoms with E-state index in [1.54, 1.807) is 0 Å². The molecule has 0 radical (unpaired) electrons. The fourth-order valence-corrected chi connectivity index (χ4v) is 2.23. The summed E-state index contributed by atoms with van der Waals surface area (Å²) in [5.41, 5.74) is 1.30. The Morgan fingerprint density at radius 3 is 2.87 bits per heavy atom. The van der Waals surface area contributed by atoms with Crippen molar-refractivity contribution >= 4 is 5.69 Å². The van der Waals surface area contributed by atoms with Crippen molar-refractivity contribution in [2.75, 3.05) is 31.6 Å². The highest BCUT2D eigenvalue weighted by atomic mass is 15.1. The van der Waals surface area contributed by atoms with Crippen molar-refractivity contribution in [3.8, 4) is 0 Å². The van der Waals surface area contributed by atoms with E-state index in [1.807, 2.05) is 6.20 Å². The van der Waals surface area contributed by atoms with E-state index in [2.05, 4.69) is 34.5 Å². The third-order valence-corrected chi connectivity index (χ3v) is 3.35. The van der Waals surface area contributed by atoms with E-state index in [1.165, 1.54) is 44.6 Å². The number of nitrogens with zero attached hydrogens (tertiary/aromatic N) is 1. The van der Waals surface area contributed by atoms with Crippen molar-refractivity contribution in [1.82, 2.24) is 10.3 Å². The summed E-state index contributed by atoms with van der Waals surface area (Å²) in [6.45, 7) is 3.58. The molecule has 1 saturated heterocycles. The SMILES string of the molecule is CN(CCC1CCNCC1)c1cc[nH]c1. The molecule has 1 aliphatic rings. The minimum Gasteiger partial charge on any atom is -0.373 e. The predicted molar refractivity (Wildman–Crippen MR) is 64.3 cm³/mol. The molecule has 84 valence electrons. The molecule has 2 rings (SSSR count). The first-order valence-electron chi connectivity index (χ1n) is 5.91. The second kappa shape index (κ2) is 5.21. The molecule has 0 aromatic carbocycles. The topological polar surface area (TPSA) is 31.1 Å². The third-order valence-electron chi connectivity index (χ3n) is 3.35. The molecule has 0 unspecified atom stereocenters. The molecular weight excluding hydrogens is 186 g/mol. The van der Waals surface area contributed by atoms with Gasteiger partial charge in [0.2, 0.25) is 0 Å². The van der Waals surface area contributed by atoms with Crippen LogP contribution in [0.25, 0.3) is 0 Å². The zero-order chi connectivity index (χ0) is 10.5. The second-order valence-corrected chi connectivity index (χ2v) is 4.47. The van der Waals surface area contributed by atoms with Gasteiger partial charge in [-0.2, -0.15) is 0 Å². The fourth-order valence-electron chi connectivity index (χ4n) is 2.23. The molecule has 2 heterocycles. The summed E-state index contributed by atoms with van der Waals surface area (Å²) in [6.07, 6.45) is 8.06. The molecule has 3 nitrogen and oxygen atoms in total. The Labute approximate surface area is 91.9 Å². The van der Waals surface area contributed by atoms with Crippen molar-refractivity contribution in [2.45, 2.75) is 19.3 Å². The van der Waals surface area contributed by atoms with Crippen molar-refractivity contribution in [3.63, 3.8) is 0 Å². The molecule has 0 atom stereocenters. The van der Waals surface area contributed by atoms with E-state index >= 15 is 0 Å². The van der Waals surface area contributed by atoms with Gasteiger partial charge in [0.1, 0.15) is 0 Å². The lowest BCUT2D eigenvalue weighted by Crippen LogP contribution is -2.30. The summed E-state index contributed by atoms with van der Waals surface area (Å²) in [4.78, 5) is 5.43. The number of hydrogen-bond donors (Lipinski definition) is 2. The van der Waals surface area contributed by atoms with Gasteiger partial charge in [-0.1, -0.05) is 0 Å². The van der Waals surface area contributed by atoms with Gasteiger partial charge in [-0.05, 0) is 44.3 Å². The monoisotopic (exact) mass is 207 g/mol. The van der Waals surface area contributed by atoms with Gasteiger partial charge in [0.15, 0.2) is 0 Å². The Kier molecular flexibility index (Phi) is 3.67. The van der Waals surface area contributed by atoms with Crippen LogP contribution in [-0.2, 0) is 0 Å². The first-order chi connectivity index (χ1) is 7.36. The van der Waals surface area contributed by atoms with Crippen molar-refractivity contribution < 1.29 is 0 Å². The van der Waals surface area contributed by atoms with E-state index in [4.69, 9.17) is 0 Å². The molecule has 0 aliphatic carbocycles. The molecule has 3 heteroatoms. The molecule has 1 aromatic heterocycles. The maximum atomic E-state index is 3.41. The number of nitrogens with one attached hydrogen (secondary N) is 2. The van der Waals surface area contributed by atoms with Crippen molar-refractivity contribution in [1.29, 1.82) is 0 Å². The van der Waals surface area contributed by atoms with E-state index < -0.39 is 0 Å². The van der Waals surface area contributed by atoms with Crippen molar-refractivity contribution in [2.24, 2.45) is 5.92 Å². The standard InChI is InChI=1S/C12H21N3/c1-15(12-4-8-14-10-12)9-5-11-2-6-13-7-3-11/h4,8,10-11,13-14H,2-3,5-7,9H2,1H3. The van der Waals surface area contributed by atoms with Gasteiger partial charge in [0.05, 0.1) is 5.69 Å². The van der Waals surface area contributed by atoms with Crippen LogP contribution in [0.2, 0.25) is 0 Å². The predicted octanol–water partition coefficient (Wildman–Crippen LogP) is 1.84. The first kappa shape index (κ1) is 10.6. The van der Waals surface area contributed by atoms with Gasteiger partial charge in [-0.25, -0.2) is 0 Å². The third kappa shape index (κ3) is 2.99. The number of aromatic nitrogens is 1. The molecule has 0 amide bonds. The quantitative estimate of drug-likeness (QED) is 0.789. The lowest BCUT2D eigenvalue weighted by Gasteiger charge is -2.25. The summed E-state index contributed by atoms with van der Waals surface area (Å²) in [5.74, 6) is 0.924. The molecule has 1 fully saturated rings. The van der Waals surface area contributed by atoms with Crippen molar-refractivity contribution in [3.05, 3.63) is 18.5 Å². The van der Waals surface area contributed by atoms with Crippen LogP contribution in [0, 0.1) is 5.92 Å². The smallest absolute Gasteiger partial charge is 0.0541 e. The number of aromatic amines is 1. The van der Waals surface area contributed by atoms with E-state index in [9.17, 15) is 0 Å². The number of piperidine rings is 1. The number of anilines is 1. The second-order valence-electron chi connectivity index (χ2n) is 4.47. The van der Waals surface area contributed by atoms with Crippen LogP contribution in [0.3, 0.4) is 0 Å². The summed E-state index contributed by atoms with van der Waals surface area (Å²) >= 11 is 0. The van der Waals surface area contributed by atoms with Gasteiger partial charge >= 0.3 is 0 Å². The van der Waals surface area contributed by atoms with E-state index in [-0.39, 0.29) is 0 Å². The zero-order valence-corrected chi connectivity index (χ0v) is 9.50. The number of hydrogen-bond acceptors (Lipinski definition) is 2. The average Bonchev–Trinajstić information content (AvgIpc) is 2.81. The molecular formula is C12H21N3. The Hall–Kier alpha value is -0.960. The molecule has 2 N–H and O–H groups in total. The van der Waals surface area contributed by atoms with Crippen LogP contribution in [0.1, 0.15) is 19.3 Å². The van der Waals surface area contributed by atoms with Gasteiger partial charge in [-0.3, -0.25) is 0 Å². The summed E-state index contributed by atoms with van der Waals surface area (Å²) in [7, 11) is 2.17. The fraction of sp³-hybridized carbons (Fsp3) is 0.667. The van der Waals surface area contributed by atoms with Gasteiger partial charge in [0.25, 0.3) is 0 Å².